The van der Waals surface area contributed by atoms with Gasteiger partial charge in [0.1, 0.15) is 5.75 Å². The van der Waals surface area contributed by atoms with Gasteiger partial charge in [0, 0.05) is 18.8 Å². The minimum Gasteiger partial charge on any atom is -0.493 e. The average Bonchev–Trinajstić information content (AvgIpc) is 3.24. The van der Waals surface area contributed by atoms with Crippen LogP contribution in [0.15, 0.2) is 70.7 Å². The van der Waals surface area contributed by atoms with Gasteiger partial charge in [0.05, 0.1) is 36.2 Å². The van der Waals surface area contributed by atoms with E-state index in [0.717, 1.165) is 11.5 Å². The van der Waals surface area contributed by atoms with Gasteiger partial charge in [-0.15, -0.1) is 0 Å². The van der Waals surface area contributed by atoms with Crippen molar-refractivity contribution in [3.05, 3.63) is 60.7 Å². The van der Waals surface area contributed by atoms with Crippen molar-refractivity contribution in [1.29, 1.82) is 0 Å². The Bertz CT molecular complexity index is 1100. The first-order valence-electron chi connectivity index (χ1n) is 11.6. The average molecular weight is 520 g/mol. The largest absolute Gasteiger partial charge is 0.493 e. The summed E-state index contributed by atoms with van der Waals surface area (Å²) in [5, 5.41) is 15.7. The van der Waals surface area contributed by atoms with Gasteiger partial charge < -0.3 is 9.84 Å². The van der Waals surface area contributed by atoms with E-state index >= 15 is 0 Å². The molecule has 2 aliphatic heterocycles. The van der Waals surface area contributed by atoms with Crippen molar-refractivity contribution in [2.45, 2.75) is 31.2 Å². The summed E-state index contributed by atoms with van der Waals surface area (Å²) in [6, 6.07) is 6.33. The molecule has 190 valence electrons. The van der Waals surface area contributed by atoms with E-state index < -0.39 is 16.0 Å². The van der Waals surface area contributed by atoms with Gasteiger partial charge in [-0.05, 0) is 41.5 Å². The van der Waals surface area contributed by atoms with E-state index in [1.165, 1.54) is 4.31 Å². The molecule has 0 aromatic heterocycles. The number of carboxylic acid groups (broad SMARTS) is 1. The number of hydrogen-bond acceptors (Lipinski definition) is 7. The molecule has 2 atom stereocenters. The number of benzene rings is 1. The quantitative estimate of drug-likeness (QED) is 0.471. The number of nitrogens with zero attached hydrogens (tertiary/aromatic N) is 3. The molecule has 1 aromatic rings. The molecule has 0 radical (unpaired) electrons. The number of allylic oxidation sites excluding steroid dienone is 4. The molecule has 0 unspecified atom stereocenters. The highest BCUT2D eigenvalue weighted by Crippen LogP contribution is 2.29. The Balaban J connectivity index is 1.75. The zero-order valence-corrected chi connectivity index (χ0v) is 21.8. The zero-order valence-electron chi connectivity index (χ0n) is 20.2. The van der Waals surface area contributed by atoms with Crippen molar-refractivity contribution in [2.75, 3.05) is 37.7 Å². The first kappa shape index (κ1) is 27.0. The van der Waals surface area contributed by atoms with Gasteiger partial charge in [0.2, 0.25) is 10.0 Å². The van der Waals surface area contributed by atoms with E-state index in [0.29, 0.717) is 36.7 Å². The van der Waals surface area contributed by atoms with Crippen molar-refractivity contribution in [2.24, 2.45) is 11.0 Å². The van der Waals surface area contributed by atoms with Crippen molar-refractivity contribution in [3.8, 4) is 5.75 Å². The molecule has 1 aromatic carbocycles. The van der Waals surface area contributed by atoms with Crippen LogP contribution in [0.25, 0.3) is 0 Å². The monoisotopic (exact) mass is 519 g/mol. The molecule has 8 nitrogen and oxygen atoms in total. The van der Waals surface area contributed by atoms with Crippen LogP contribution < -0.4 is 4.74 Å². The minimum atomic E-state index is -3.70. The van der Waals surface area contributed by atoms with Crippen molar-refractivity contribution in [1.82, 2.24) is 9.31 Å². The lowest BCUT2D eigenvalue weighted by Crippen LogP contribution is -2.38. The summed E-state index contributed by atoms with van der Waals surface area (Å²) in [6.07, 6.45) is 7.05. The smallest absolute Gasteiger partial charge is 0.309 e. The predicted octanol–water partition coefficient (Wildman–Crippen LogP) is 3.64. The topological polar surface area (TPSA) is 99.5 Å². The fourth-order valence-corrected chi connectivity index (χ4v) is 6.04. The Morgan fingerprint density at radius 1 is 1.26 bits per heavy atom. The first-order valence-corrected chi connectivity index (χ1v) is 14.2. The van der Waals surface area contributed by atoms with Gasteiger partial charge >= 0.3 is 5.97 Å². The van der Waals surface area contributed by atoms with Crippen molar-refractivity contribution < 1.29 is 23.1 Å². The van der Waals surface area contributed by atoms with E-state index in [9.17, 15) is 18.3 Å². The van der Waals surface area contributed by atoms with Gasteiger partial charge in [0.25, 0.3) is 0 Å². The molecule has 0 aliphatic carbocycles. The number of hydrogen-bond donors (Lipinski definition) is 1. The van der Waals surface area contributed by atoms with E-state index in [4.69, 9.17) is 4.74 Å². The summed E-state index contributed by atoms with van der Waals surface area (Å²) in [6.45, 7) is 9.64. The Morgan fingerprint density at radius 3 is 2.69 bits per heavy atom. The van der Waals surface area contributed by atoms with Gasteiger partial charge in [-0.2, -0.15) is 21.2 Å². The molecule has 3 rings (SSSR count). The molecule has 2 heterocycles. The second-order valence-electron chi connectivity index (χ2n) is 8.44. The van der Waals surface area contributed by atoms with Crippen LogP contribution in [0.5, 0.6) is 5.75 Å². The van der Waals surface area contributed by atoms with E-state index in [1.807, 2.05) is 19.1 Å². The number of hydrazone groups is 1. The molecular weight excluding hydrogens is 486 g/mol. The minimum absolute atomic E-state index is 0.00588. The molecule has 35 heavy (non-hydrogen) atoms. The van der Waals surface area contributed by atoms with Crippen LogP contribution in [0.1, 0.15) is 20.3 Å². The first-order chi connectivity index (χ1) is 16.7. The molecule has 0 bridgehead atoms. The standard InChI is InChI=1S/C25H33N3O5S2/c1-4-34-15-14-33-21-9-11-22(12-10-21)35(31,32)27-17-20(3)24(18-27)28-13-7-5-6-8-19(2)23(26-28)16-25(29)30/h5-12,20,24H,2,4,13-18H2,1,3H3,(H,29,30)/b7-5-,8-6-,26-23?/t20-,24+/m1/s1. The SMILES string of the molecule is C=C1/C=C\C=C/CN([C@H]2CN(S(=O)(=O)c3ccc(OCCSCC)cc3)C[C@H]2C)N=C1CC(=O)O. The van der Waals surface area contributed by atoms with E-state index in [1.54, 1.807) is 53.2 Å². The van der Waals surface area contributed by atoms with Crippen LogP contribution in [0, 0.1) is 5.92 Å². The van der Waals surface area contributed by atoms with Crippen LogP contribution in [0.3, 0.4) is 0 Å². The maximum atomic E-state index is 13.4. The predicted molar refractivity (Wildman–Crippen MR) is 140 cm³/mol. The molecule has 1 fully saturated rings. The summed E-state index contributed by atoms with van der Waals surface area (Å²) in [5.41, 5.74) is 0.883. The number of aliphatic carboxylic acids is 1. The number of rotatable bonds is 10. The van der Waals surface area contributed by atoms with Gasteiger partial charge in [-0.1, -0.05) is 44.7 Å². The van der Waals surface area contributed by atoms with Gasteiger partial charge in [0.15, 0.2) is 0 Å². The fourth-order valence-electron chi connectivity index (χ4n) is 3.99. The van der Waals surface area contributed by atoms with E-state index in [2.05, 4.69) is 18.6 Å². The second-order valence-corrected chi connectivity index (χ2v) is 11.8. The fraction of sp³-hybridized carbons (Fsp3) is 0.440. The second kappa shape index (κ2) is 12.4. The lowest BCUT2D eigenvalue weighted by atomic mass is 10.1. The van der Waals surface area contributed by atoms with Gasteiger partial charge in [-0.3, -0.25) is 9.80 Å². The van der Waals surface area contributed by atoms with Crippen LogP contribution in [-0.2, 0) is 14.8 Å². The number of carbonyl (C=O) groups is 1. The number of sulfonamides is 1. The summed E-state index contributed by atoms with van der Waals surface area (Å²) in [7, 11) is -3.70. The lowest BCUT2D eigenvalue weighted by molar-refractivity contribution is -0.135. The maximum Gasteiger partial charge on any atom is 0.309 e. The summed E-state index contributed by atoms with van der Waals surface area (Å²) in [4.78, 5) is 11.6. The molecular formula is C25H33N3O5S2. The highest BCUT2D eigenvalue weighted by Gasteiger charge is 2.40. The van der Waals surface area contributed by atoms with Crippen LogP contribution >= 0.6 is 11.8 Å². The highest BCUT2D eigenvalue weighted by molar-refractivity contribution is 7.99. The normalized spacial score (nSPS) is 23.2. The van der Waals surface area contributed by atoms with Crippen molar-refractivity contribution >= 4 is 33.5 Å². The van der Waals surface area contributed by atoms with Crippen LogP contribution in [-0.4, -0.2) is 78.3 Å². The molecule has 1 N–H and O–H groups in total. The summed E-state index contributed by atoms with van der Waals surface area (Å²) < 4.78 is 33.9. The highest BCUT2D eigenvalue weighted by atomic mass is 32.2. The molecule has 2 aliphatic rings. The van der Waals surface area contributed by atoms with Crippen molar-refractivity contribution in [3.63, 3.8) is 0 Å². The van der Waals surface area contributed by atoms with Crippen LogP contribution in [0.2, 0.25) is 0 Å². The number of carboxylic acids is 1. The molecule has 10 heteroatoms. The Labute approximate surface area is 212 Å². The molecule has 0 amide bonds. The Kier molecular flexibility index (Phi) is 9.59. The Morgan fingerprint density at radius 2 is 2.00 bits per heavy atom. The molecule has 0 saturated carbocycles. The summed E-state index contributed by atoms with van der Waals surface area (Å²) >= 11 is 1.79. The van der Waals surface area contributed by atoms with E-state index in [-0.39, 0.29) is 29.8 Å². The third-order valence-electron chi connectivity index (χ3n) is 5.86. The lowest BCUT2D eigenvalue weighted by Gasteiger charge is -2.28. The van der Waals surface area contributed by atoms with Crippen LogP contribution in [0.4, 0.5) is 0 Å². The maximum absolute atomic E-state index is 13.4. The number of thioether (sulfide) groups is 1. The summed E-state index contributed by atoms with van der Waals surface area (Å²) in [5.74, 6) is 1.56. The molecule has 0 spiro atoms. The third-order valence-corrected chi connectivity index (χ3v) is 8.57. The third kappa shape index (κ3) is 7.22. The zero-order chi connectivity index (χ0) is 25.4. The Hall–Kier alpha value is -2.56. The number of ether oxygens (including phenoxy) is 1. The molecule has 1 saturated heterocycles. The van der Waals surface area contributed by atoms with Gasteiger partial charge in [-0.25, -0.2) is 8.42 Å².